The van der Waals surface area contributed by atoms with Gasteiger partial charge in [0.05, 0.1) is 6.61 Å². The van der Waals surface area contributed by atoms with Crippen LogP contribution in [0.2, 0.25) is 0 Å². The van der Waals surface area contributed by atoms with Crippen molar-refractivity contribution in [3.05, 3.63) is 72.8 Å². The summed E-state index contributed by atoms with van der Waals surface area (Å²) in [6.45, 7) is 7.07. The summed E-state index contributed by atoms with van der Waals surface area (Å²) in [6.07, 6.45) is 0. The fourth-order valence-corrected chi connectivity index (χ4v) is 3.45. The van der Waals surface area contributed by atoms with Gasteiger partial charge in [-0.25, -0.2) is 0 Å². The number of fused-ring (bicyclic) bond motifs is 2. The largest absolute Gasteiger partial charge is 0.507 e. The molecule has 3 heteroatoms. The molecule has 0 bridgehead atoms. The normalized spacial score (nSPS) is 11.4. The molecule has 144 valence electrons. The Bertz CT molecular complexity index is 1130. The van der Waals surface area contributed by atoms with Crippen LogP contribution in [0.1, 0.15) is 20.8 Å². The molecule has 0 radical (unpaired) electrons. The predicted octanol–water partition coefficient (Wildman–Crippen LogP) is 6.90. The quantitative estimate of drug-likeness (QED) is 0.412. The maximum atomic E-state index is 10.8. The molecule has 0 spiro atoms. The van der Waals surface area contributed by atoms with Crippen molar-refractivity contribution in [3.8, 4) is 22.6 Å². The van der Waals surface area contributed by atoms with Gasteiger partial charge in [-0.3, -0.25) is 0 Å². The Balaban J connectivity index is 0.00000225. The SMILES string of the molecule is CC(C)(C)COc1ccc2ccccc2c1-c1c(O)ccc2ccccc12.S. The highest BCUT2D eigenvalue weighted by molar-refractivity contribution is 7.59. The fraction of sp³-hybridized carbons (Fsp3) is 0.200. The zero-order valence-corrected chi connectivity index (χ0v) is 17.5. The highest BCUT2D eigenvalue weighted by Gasteiger charge is 2.19. The maximum absolute atomic E-state index is 10.8. The molecule has 0 aliphatic heterocycles. The van der Waals surface area contributed by atoms with Gasteiger partial charge < -0.3 is 9.84 Å². The minimum Gasteiger partial charge on any atom is -0.507 e. The number of hydrogen-bond acceptors (Lipinski definition) is 2. The summed E-state index contributed by atoms with van der Waals surface area (Å²) < 4.78 is 6.26. The van der Waals surface area contributed by atoms with E-state index in [1.807, 2.05) is 36.4 Å². The van der Waals surface area contributed by atoms with E-state index in [4.69, 9.17) is 4.74 Å². The number of phenols is 1. The summed E-state index contributed by atoms with van der Waals surface area (Å²) in [5, 5.41) is 15.1. The molecule has 2 nitrogen and oxygen atoms in total. The Morgan fingerprint density at radius 3 is 1.86 bits per heavy atom. The van der Waals surface area contributed by atoms with Gasteiger partial charge in [0.2, 0.25) is 0 Å². The summed E-state index contributed by atoms with van der Waals surface area (Å²) in [5.74, 6) is 1.07. The van der Waals surface area contributed by atoms with Crippen LogP contribution in [0.15, 0.2) is 72.8 Å². The van der Waals surface area contributed by atoms with Crippen LogP contribution in [0, 0.1) is 5.41 Å². The number of benzene rings is 4. The third kappa shape index (κ3) is 3.81. The molecule has 0 fully saturated rings. The molecule has 4 aromatic carbocycles. The van der Waals surface area contributed by atoms with Crippen LogP contribution in [-0.4, -0.2) is 11.7 Å². The van der Waals surface area contributed by atoms with Crippen molar-refractivity contribution in [1.29, 1.82) is 0 Å². The van der Waals surface area contributed by atoms with E-state index in [2.05, 4.69) is 51.1 Å². The van der Waals surface area contributed by atoms with Crippen LogP contribution in [-0.2, 0) is 0 Å². The van der Waals surface area contributed by atoms with Gasteiger partial charge in [0.25, 0.3) is 0 Å². The van der Waals surface area contributed by atoms with Crippen molar-refractivity contribution in [2.45, 2.75) is 20.8 Å². The zero-order chi connectivity index (χ0) is 19.0. The van der Waals surface area contributed by atoms with Crippen LogP contribution >= 0.6 is 13.5 Å². The van der Waals surface area contributed by atoms with Crippen LogP contribution < -0.4 is 4.74 Å². The van der Waals surface area contributed by atoms with Crippen LogP contribution in [0.3, 0.4) is 0 Å². The Morgan fingerprint density at radius 2 is 1.25 bits per heavy atom. The van der Waals surface area contributed by atoms with Gasteiger partial charge in [0.15, 0.2) is 0 Å². The van der Waals surface area contributed by atoms with E-state index < -0.39 is 0 Å². The fourth-order valence-electron chi connectivity index (χ4n) is 3.45. The average molecular weight is 391 g/mol. The molecular weight excluding hydrogens is 364 g/mol. The zero-order valence-electron chi connectivity index (χ0n) is 16.5. The average Bonchev–Trinajstić information content (AvgIpc) is 2.66. The van der Waals surface area contributed by atoms with Crippen molar-refractivity contribution in [2.24, 2.45) is 5.41 Å². The van der Waals surface area contributed by atoms with Crippen molar-refractivity contribution in [3.63, 3.8) is 0 Å². The highest BCUT2D eigenvalue weighted by Crippen LogP contribution is 2.45. The van der Waals surface area contributed by atoms with Crippen LogP contribution in [0.25, 0.3) is 32.7 Å². The number of hydrogen-bond donors (Lipinski definition) is 1. The van der Waals surface area contributed by atoms with Gasteiger partial charge in [0.1, 0.15) is 11.5 Å². The molecule has 4 rings (SSSR count). The number of ether oxygens (including phenoxy) is 1. The van der Waals surface area contributed by atoms with Crippen molar-refractivity contribution in [1.82, 2.24) is 0 Å². The third-order valence-electron chi connectivity index (χ3n) is 4.71. The van der Waals surface area contributed by atoms with E-state index in [1.165, 1.54) is 0 Å². The van der Waals surface area contributed by atoms with Gasteiger partial charge >= 0.3 is 0 Å². The molecule has 28 heavy (non-hydrogen) atoms. The summed E-state index contributed by atoms with van der Waals surface area (Å²) >= 11 is 0. The molecular formula is C25H26O2S. The van der Waals surface area contributed by atoms with Crippen molar-refractivity contribution >= 4 is 35.0 Å². The molecule has 0 saturated heterocycles. The van der Waals surface area contributed by atoms with Gasteiger partial charge in [-0.05, 0) is 39.1 Å². The van der Waals surface area contributed by atoms with Gasteiger partial charge in [-0.1, -0.05) is 81.4 Å². The lowest BCUT2D eigenvalue weighted by molar-refractivity contribution is 0.199. The second kappa shape index (κ2) is 7.76. The summed E-state index contributed by atoms with van der Waals surface area (Å²) in [5.41, 5.74) is 1.82. The first-order valence-electron chi connectivity index (χ1n) is 9.30. The molecule has 0 aliphatic carbocycles. The summed E-state index contributed by atoms with van der Waals surface area (Å²) in [7, 11) is 0. The van der Waals surface area contributed by atoms with E-state index in [9.17, 15) is 5.11 Å². The van der Waals surface area contributed by atoms with Crippen molar-refractivity contribution < 1.29 is 9.84 Å². The third-order valence-corrected chi connectivity index (χ3v) is 4.71. The first-order valence-corrected chi connectivity index (χ1v) is 9.30. The second-order valence-corrected chi connectivity index (χ2v) is 8.19. The van der Waals surface area contributed by atoms with E-state index in [0.717, 1.165) is 38.4 Å². The first kappa shape index (κ1) is 20.1. The van der Waals surface area contributed by atoms with E-state index in [0.29, 0.717) is 6.61 Å². The number of phenolic OH excluding ortho intramolecular Hbond substituents is 1. The van der Waals surface area contributed by atoms with E-state index in [1.54, 1.807) is 6.07 Å². The lowest BCUT2D eigenvalue weighted by atomic mass is 9.92. The Morgan fingerprint density at radius 1 is 0.714 bits per heavy atom. The van der Waals surface area contributed by atoms with Crippen molar-refractivity contribution in [2.75, 3.05) is 6.61 Å². The highest BCUT2D eigenvalue weighted by atomic mass is 32.1. The molecule has 0 aromatic heterocycles. The number of aromatic hydroxyl groups is 1. The Kier molecular flexibility index (Phi) is 5.57. The standard InChI is InChI=1S/C25H24O2.H2S/c1-25(2,3)16-27-22-15-13-18-9-5-7-11-20(18)24(22)23-19-10-6-4-8-17(19)12-14-21(23)26;/h4-15,26H,16H2,1-3H3;1H2. The maximum Gasteiger partial charge on any atom is 0.127 e. The monoisotopic (exact) mass is 390 g/mol. The molecule has 0 amide bonds. The first-order chi connectivity index (χ1) is 12.9. The second-order valence-electron chi connectivity index (χ2n) is 8.19. The summed E-state index contributed by atoms with van der Waals surface area (Å²) in [4.78, 5) is 0. The van der Waals surface area contributed by atoms with Gasteiger partial charge in [0, 0.05) is 11.1 Å². The van der Waals surface area contributed by atoms with Gasteiger partial charge in [-0.15, -0.1) is 0 Å². The molecule has 0 atom stereocenters. The number of rotatable bonds is 3. The summed E-state index contributed by atoms with van der Waals surface area (Å²) in [6, 6.07) is 24.2. The molecule has 0 saturated carbocycles. The van der Waals surface area contributed by atoms with E-state index >= 15 is 0 Å². The smallest absolute Gasteiger partial charge is 0.127 e. The lowest BCUT2D eigenvalue weighted by Crippen LogP contribution is -2.17. The molecule has 0 aliphatic rings. The van der Waals surface area contributed by atoms with E-state index in [-0.39, 0.29) is 24.7 Å². The predicted molar refractivity (Wildman–Crippen MR) is 124 cm³/mol. The molecule has 1 N–H and O–H groups in total. The topological polar surface area (TPSA) is 29.5 Å². The Hall–Kier alpha value is -2.65. The van der Waals surface area contributed by atoms with Gasteiger partial charge in [-0.2, -0.15) is 13.5 Å². The minimum absolute atomic E-state index is 0. The lowest BCUT2D eigenvalue weighted by Gasteiger charge is -2.22. The molecule has 4 aromatic rings. The van der Waals surface area contributed by atoms with Crippen LogP contribution in [0.5, 0.6) is 11.5 Å². The van der Waals surface area contributed by atoms with Crippen LogP contribution in [0.4, 0.5) is 0 Å². The molecule has 0 heterocycles. The minimum atomic E-state index is 0. The molecule has 0 unspecified atom stereocenters. The Labute approximate surface area is 173 Å².